The van der Waals surface area contributed by atoms with Gasteiger partial charge in [0.25, 0.3) is 0 Å². The highest BCUT2D eigenvalue weighted by Crippen LogP contribution is 2.07. The van der Waals surface area contributed by atoms with Crippen molar-refractivity contribution in [2.24, 2.45) is 0 Å². The Morgan fingerprint density at radius 1 is 1.14 bits per heavy atom. The summed E-state index contributed by atoms with van der Waals surface area (Å²) in [5.74, 6) is 0.947. The molecule has 1 aromatic carbocycles. The first-order valence-corrected chi connectivity index (χ1v) is 6.40. The molecule has 3 heteroatoms. The fraction of sp³-hybridized carbons (Fsp3) is 0.455. The first-order chi connectivity index (χ1) is 6.93. The van der Waals surface area contributed by atoms with Crippen LogP contribution in [0.15, 0.2) is 30.3 Å². The lowest BCUT2D eigenvalue weighted by atomic mass is 10.3. The average Bonchev–Trinajstić information content (AvgIpc) is 2.25. The summed E-state index contributed by atoms with van der Waals surface area (Å²) in [4.78, 5) is 0. The van der Waals surface area contributed by atoms with Crippen molar-refractivity contribution >= 4 is 22.6 Å². The standard InChI is InChI=1S/C11H16INO/c12-7-4-8-13-9-10-14-11-5-2-1-3-6-11/h1-3,5-6,13H,4,7-10H2. The van der Waals surface area contributed by atoms with Gasteiger partial charge in [0.1, 0.15) is 12.4 Å². The molecule has 0 unspecified atom stereocenters. The smallest absolute Gasteiger partial charge is 0.119 e. The molecule has 1 rings (SSSR count). The Kier molecular flexibility index (Phi) is 6.78. The van der Waals surface area contributed by atoms with Crippen molar-refractivity contribution in [1.82, 2.24) is 5.32 Å². The number of benzene rings is 1. The van der Waals surface area contributed by atoms with Crippen molar-refractivity contribution in [2.45, 2.75) is 6.42 Å². The van der Waals surface area contributed by atoms with Gasteiger partial charge in [-0.15, -0.1) is 0 Å². The third kappa shape index (κ3) is 5.44. The van der Waals surface area contributed by atoms with Crippen LogP contribution in [0.4, 0.5) is 0 Å². The van der Waals surface area contributed by atoms with Crippen LogP contribution >= 0.6 is 22.6 Å². The van der Waals surface area contributed by atoms with E-state index in [2.05, 4.69) is 27.9 Å². The molecule has 0 spiro atoms. The quantitative estimate of drug-likeness (QED) is 0.475. The molecule has 0 aromatic heterocycles. The normalized spacial score (nSPS) is 10.1. The molecule has 0 aliphatic rings. The van der Waals surface area contributed by atoms with Crippen LogP contribution in [-0.4, -0.2) is 24.1 Å². The third-order valence-electron chi connectivity index (χ3n) is 1.78. The molecule has 0 aliphatic carbocycles. The van der Waals surface area contributed by atoms with Crippen LogP contribution in [0.2, 0.25) is 0 Å². The van der Waals surface area contributed by atoms with Gasteiger partial charge in [-0.3, -0.25) is 0 Å². The number of para-hydroxylation sites is 1. The lowest BCUT2D eigenvalue weighted by Crippen LogP contribution is -2.22. The number of ether oxygens (including phenoxy) is 1. The van der Waals surface area contributed by atoms with Crippen LogP contribution in [0.3, 0.4) is 0 Å². The second-order valence-electron chi connectivity index (χ2n) is 2.95. The number of rotatable bonds is 7. The van der Waals surface area contributed by atoms with Crippen LogP contribution in [0.1, 0.15) is 6.42 Å². The minimum absolute atomic E-state index is 0.741. The Morgan fingerprint density at radius 3 is 2.64 bits per heavy atom. The van der Waals surface area contributed by atoms with Gasteiger partial charge in [-0.05, 0) is 25.1 Å². The zero-order valence-corrected chi connectivity index (χ0v) is 10.4. The second-order valence-corrected chi connectivity index (χ2v) is 4.03. The van der Waals surface area contributed by atoms with Gasteiger partial charge in [0.15, 0.2) is 0 Å². The van der Waals surface area contributed by atoms with E-state index in [0.717, 1.165) is 25.4 Å². The Hall–Kier alpha value is -0.290. The summed E-state index contributed by atoms with van der Waals surface area (Å²) in [5.41, 5.74) is 0. The monoisotopic (exact) mass is 305 g/mol. The van der Waals surface area contributed by atoms with Crippen molar-refractivity contribution in [3.05, 3.63) is 30.3 Å². The largest absolute Gasteiger partial charge is 0.492 e. The number of hydrogen-bond donors (Lipinski definition) is 1. The summed E-state index contributed by atoms with van der Waals surface area (Å²) in [5, 5.41) is 3.33. The predicted octanol–water partition coefficient (Wildman–Crippen LogP) is 2.48. The summed E-state index contributed by atoms with van der Waals surface area (Å²) >= 11 is 2.39. The topological polar surface area (TPSA) is 21.3 Å². The molecule has 0 radical (unpaired) electrons. The number of halogens is 1. The van der Waals surface area contributed by atoms with Gasteiger partial charge >= 0.3 is 0 Å². The van der Waals surface area contributed by atoms with Gasteiger partial charge in [0.2, 0.25) is 0 Å². The number of nitrogens with one attached hydrogen (secondary N) is 1. The van der Waals surface area contributed by atoms with Crippen molar-refractivity contribution in [2.75, 3.05) is 24.1 Å². The van der Waals surface area contributed by atoms with Crippen molar-refractivity contribution in [3.8, 4) is 5.75 Å². The van der Waals surface area contributed by atoms with Crippen molar-refractivity contribution in [1.29, 1.82) is 0 Å². The fourth-order valence-corrected chi connectivity index (χ4v) is 1.46. The van der Waals surface area contributed by atoms with Gasteiger partial charge in [-0.1, -0.05) is 40.8 Å². The molecule has 0 saturated heterocycles. The average molecular weight is 305 g/mol. The summed E-state index contributed by atoms with van der Waals surface area (Å²) in [6.45, 7) is 2.75. The second kappa shape index (κ2) is 8.05. The minimum atomic E-state index is 0.741. The molecule has 0 amide bonds. The van der Waals surface area contributed by atoms with Gasteiger partial charge in [-0.2, -0.15) is 0 Å². The van der Waals surface area contributed by atoms with Crippen LogP contribution in [-0.2, 0) is 0 Å². The van der Waals surface area contributed by atoms with Gasteiger partial charge in [0.05, 0.1) is 0 Å². The third-order valence-corrected chi connectivity index (χ3v) is 2.54. The molecule has 1 aromatic rings. The van der Waals surface area contributed by atoms with E-state index in [-0.39, 0.29) is 0 Å². The molecular weight excluding hydrogens is 289 g/mol. The minimum Gasteiger partial charge on any atom is -0.492 e. The SMILES string of the molecule is ICCCNCCOc1ccccc1. The Morgan fingerprint density at radius 2 is 1.93 bits per heavy atom. The molecule has 0 saturated carbocycles. The lowest BCUT2D eigenvalue weighted by Gasteiger charge is -2.06. The Bertz CT molecular complexity index is 228. The summed E-state index contributed by atoms with van der Waals surface area (Å²) in [7, 11) is 0. The molecule has 78 valence electrons. The fourth-order valence-electron chi connectivity index (χ4n) is 1.07. The van der Waals surface area contributed by atoms with E-state index >= 15 is 0 Å². The maximum Gasteiger partial charge on any atom is 0.119 e. The molecule has 1 N–H and O–H groups in total. The van der Waals surface area contributed by atoms with Crippen molar-refractivity contribution in [3.63, 3.8) is 0 Å². The zero-order valence-electron chi connectivity index (χ0n) is 8.21. The number of hydrogen-bond acceptors (Lipinski definition) is 2. The highest BCUT2D eigenvalue weighted by atomic mass is 127. The highest BCUT2D eigenvalue weighted by Gasteiger charge is 1.90. The van der Waals surface area contributed by atoms with E-state index in [1.165, 1.54) is 10.8 Å². The van der Waals surface area contributed by atoms with E-state index in [1.54, 1.807) is 0 Å². The zero-order chi connectivity index (χ0) is 10.1. The first kappa shape index (κ1) is 11.8. The van der Waals surface area contributed by atoms with Crippen LogP contribution in [0.5, 0.6) is 5.75 Å². The molecule has 0 aliphatic heterocycles. The lowest BCUT2D eigenvalue weighted by molar-refractivity contribution is 0.314. The van der Waals surface area contributed by atoms with Crippen LogP contribution < -0.4 is 10.1 Å². The van der Waals surface area contributed by atoms with Gasteiger partial charge in [0, 0.05) is 11.0 Å². The molecule has 0 bridgehead atoms. The summed E-state index contributed by atoms with van der Waals surface area (Å²) < 4.78 is 6.73. The molecule has 0 atom stereocenters. The Balaban J connectivity index is 1.99. The molecule has 0 heterocycles. The highest BCUT2D eigenvalue weighted by molar-refractivity contribution is 14.1. The molecule has 0 fully saturated rings. The van der Waals surface area contributed by atoms with E-state index in [9.17, 15) is 0 Å². The maximum absolute atomic E-state index is 5.52. The Labute approximate surface area is 99.2 Å². The van der Waals surface area contributed by atoms with E-state index < -0.39 is 0 Å². The van der Waals surface area contributed by atoms with Gasteiger partial charge < -0.3 is 10.1 Å². The molecular formula is C11H16INO. The molecule has 14 heavy (non-hydrogen) atoms. The van der Waals surface area contributed by atoms with Gasteiger partial charge in [-0.25, -0.2) is 0 Å². The van der Waals surface area contributed by atoms with Crippen LogP contribution in [0.25, 0.3) is 0 Å². The summed E-state index contributed by atoms with van der Waals surface area (Å²) in [6, 6.07) is 9.92. The number of alkyl halides is 1. The predicted molar refractivity (Wildman–Crippen MR) is 68.3 cm³/mol. The van der Waals surface area contributed by atoms with E-state index in [1.807, 2.05) is 30.3 Å². The maximum atomic E-state index is 5.52. The molecule has 2 nitrogen and oxygen atoms in total. The van der Waals surface area contributed by atoms with Crippen LogP contribution in [0, 0.1) is 0 Å². The van der Waals surface area contributed by atoms with E-state index in [4.69, 9.17) is 4.74 Å². The van der Waals surface area contributed by atoms with Crippen molar-refractivity contribution < 1.29 is 4.74 Å². The van der Waals surface area contributed by atoms with E-state index in [0.29, 0.717) is 0 Å². The summed E-state index contributed by atoms with van der Waals surface area (Å²) in [6.07, 6.45) is 1.23. The first-order valence-electron chi connectivity index (χ1n) is 4.88.